The molecule has 9 heteroatoms. The zero-order valence-electron chi connectivity index (χ0n) is 22.8. The van der Waals surface area contributed by atoms with Gasteiger partial charge in [-0.2, -0.15) is 0 Å². The van der Waals surface area contributed by atoms with Crippen LogP contribution in [0.25, 0.3) is 0 Å². The Labute approximate surface area is 230 Å². The van der Waals surface area contributed by atoms with E-state index in [9.17, 15) is 22.4 Å². The Morgan fingerprint density at radius 2 is 1.51 bits per heavy atom. The molecule has 0 heterocycles. The van der Waals surface area contributed by atoms with Crippen LogP contribution in [-0.4, -0.2) is 43.8 Å². The van der Waals surface area contributed by atoms with Crippen LogP contribution in [0.15, 0.2) is 83.8 Å². The minimum Gasteiger partial charge on any atom is -0.352 e. The van der Waals surface area contributed by atoms with Crippen LogP contribution in [0.1, 0.15) is 44.7 Å². The Morgan fingerprint density at radius 1 is 0.897 bits per heavy atom. The molecule has 0 unspecified atom stereocenters. The molecule has 2 amide bonds. The molecule has 0 aromatic heterocycles. The number of hydrogen-bond donors (Lipinski definition) is 1. The fraction of sp³-hybridized carbons (Fsp3) is 0.333. The third-order valence-corrected chi connectivity index (χ3v) is 8.37. The van der Waals surface area contributed by atoms with Crippen molar-refractivity contribution in [3.05, 3.63) is 95.8 Å². The molecule has 3 aromatic rings. The van der Waals surface area contributed by atoms with E-state index < -0.39 is 34.3 Å². The Balaban J connectivity index is 2.02. The number of carbonyl (C=O) groups excluding carboxylic acids is 2. The van der Waals surface area contributed by atoms with Crippen LogP contribution < -0.4 is 9.62 Å². The maximum atomic E-state index is 14.0. The minimum atomic E-state index is -4.12. The van der Waals surface area contributed by atoms with Gasteiger partial charge < -0.3 is 10.2 Å². The Bertz CT molecular complexity index is 1350. The van der Waals surface area contributed by atoms with Crippen molar-refractivity contribution in [2.24, 2.45) is 0 Å². The average Bonchev–Trinajstić information content (AvgIpc) is 2.93. The summed E-state index contributed by atoms with van der Waals surface area (Å²) in [5.74, 6) is -1.29. The molecule has 7 nitrogen and oxygen atoms in total. The molecular weight excluding hydrogens is 517 g/mol. The highest BCUT2D eigenvalue weighted by Crippen LogP contribution is 2.25. The zero-order valence-corrected chi connectivity index (χ0v) is 23.6. The second kappa shape index (κ2) is 13.4. The van der Waals surface area contributed by atoms with Crippen LogP contribution in [-0.2, 0) is 26.2 Å². The summed E-state index contributed by atoms with van der Waals surface area (Å²) in [4.78, 5) is 28.6. The summed E-state index contributed by atoms with van der Waals surface area (Å²) in [6, 6.07) is 19.5. The van der Waals surface area contributed by atoms with Gasteiger partial charge in [0, 0.05) is 12.6 Å². The predicted octanol–water partition coefficient (Wildman–Crippen LogP) is 5.05. The molecule has 0 saturated heterocycles. The van der Waals surface area contributed by atoms with E-state index in [2.05, 4.69) is 5.32 Å². The highest BCUT2D eigenvalue weighted by molar-refractivity contribution is 7.92. The second-order valence-corrected chi connectivity index (χ2v) is 11.4. The summed E-state index contributed by atoms with van der Waals surface area (Å²) in [5.41, 5.74) is 1.84. The number of aryl methyl sites for hydroxylation is 1. The number of amides is 2. The molecule has 1 N–H and O–H groups in total. The van der Waals surface area contributed by atoms with Gasteiger partial charge in [-0.05, 0) is 68.7 Å². The van der Waals surface area contributed by atoms with Crippen molar-refractivity contribution in [1.29, 1.82) is 0 Å². The van der Waals surface area contributed by atoms with E-state index >= 15 is 0 Å². The molecule has 0 fully saturated rings. The van der Waals surface area contributed by atoms with Gasteiger partial charge in [-0.25, -0.2) is 12.8 Å². The first-order valence-electron chi connectivity index (χ1n) is 13.1. The molecule has 0 bridgehead atoms. The maximum Gasteiger partial charge on any atom is 0.264 e. The number of nitrogens with one attached hydrogen (secondary N) is 1. The highest BCUT2D eigenvalue weighted by atomic mass is 32.2. The van der Waals surface area contributed by atoms with E-state index in [1.807, 2.05) is 20.8 Å². The van der Waals surface area contributed by atoms with Crippen LogP contribution in [0.4, 0.5) is 10.1 Å². The van der Waals surface area contributed by atoms with E-state index in [4.69, 9.17) is 0 Å². The lowest BCUT2D eigenvalue weighted by Gasteiger charge is -2.33. The lowest BCUT2D eigenvalue weighted by Crippen LogP contribution is -2.53. The predicted molar refractivity (Wildman–Crippen MR) is 151 cm³/mol. The summed E-state index contributed by atoms with van der Waals surface area (Å²) in [6.45, 7) is 6.97. The SMILES string of the molecule is CC[C@H](C)NC(=O)[C@H](CC)N(Cc1ccc(F)cc1)C(=O)CN(c1ccccc1)S(=O)(=O)c1ccc(C)cc1. The summed E-state index contributed by atoms with van der Waals surface area (Å²) in [6.07, 6.45) is 1.02. The number of sulfonamides is 1. The van der Waals surface area contributed by atoms with Crippen molar-refractivity contribution in [3.63, 3.8) is 0 Å². The largest absolute Gasteiger partial charge is 0.352 e. The van der Waals surface area contributed by atoms with E-state index in [0.717, 1.165) is 9.87 Å². The maximum absolute atomic E-state index is 14.0. The van der Waals surface area contributed by atoms with E-state index in [0.29, 0.717) is 24.1 Å². The van der Waals surface area contributed by atoms with Crippen LogP contribution in [0.3, 0.4) is 0 Å². The number of benzene rings is 3. The lowest BCUT2D eigenvalue weighted by molar-refractivity contribution is -0.140. The van der Waals surface area contributed by atoms with Gasteiger partial charge in [-0.1, -0.05) is 61.9 Å². The van der Waals surface area contributed by atoms with Gasteiger partial charge in [-0.3, -0.25) is 13.9 Å². The van der Waals surface area contributed by atoms with E-state index in [-0.39, 0.29) is 23.4 Å². The number of hydrogen-bond acceptors (Lipinski definition) is 4. The van der Waals surface area contributed by atoms with Gasteiger partial charge in [0.15, 0.2) is 0 Å². The van der Waals surface area contributed by atoms with Crippen molar-refractivity contribution < 1.29 is 22.4 Å². The quantitative estimate of drug-likeness (QED) is 0.340. The molecule has 0 saturated carbocycles. The summed E-state index contributed by atoms with van der Waals surface area (Å²) in [7, 11) is -4.12. The number of carbonyl (C=O) groups is 2. The van der Waals surface area contributed by atoms with E-state index in [1.165, 1.54) is 29.2 Å². The first kappa shape index (κ1) is 29.8. The van der Waals surface area contributed by atoms with Crippen LogP contribution in [0.5, 0.6) is 0 Å². The molecule has 2 atom stereocenters. The molecular formula is C30H36FN3O4S. The van der Waals surface area contributed by atoms with Crippen molar-refractivity contribution in [2.75, 3.05) is 10.8 Å². The average molecular weight is 554 g/mol. The summed E-state index contributed by atoms with van der Waals surface area (Å²) >= 11 is 0. The standard InChI is InChI=1S/C30H36FN3O4S/c1-5-23(4)32-30(36)28(6-2)33(20-24-14-16-25(31)17-15-24)29(35)21-34(26-10-8-7-9-11-26)39(37,38)27-18-12-22(3)13-19-27/h7-19,23,28H,5-6,20-21H2,1-4H3,(H,32,36)/t23-,28-/m0/s1. The summed E-state index contributed by atoms with van der Waals surface area (Å²) < 4.78 is 42.2. The zero-order chi connectivity index (χ0) is 28.6. The first-order valence-corrected chi connectivity index (χ1v) is 14.5. The van der Waals surface area contributed by atoms with Crippen LogP contribution in [0.2, 0.25) is 0 Å². The normalized spacial score (nSPS) is 12.8. The molecule has 208 valence electrons. The van der Waals surface area contributed by atoms with Crippen molar-refractivity contribution in [3.8, 4) is 0 Å². The number of anilines is 1. The van der Waals surface area contributed by atoms with Crippen molar-refractivity contribution in [2.45, 2.75) is 64.1 Å². The molecule has 3 rings (SSSR count). The summed E-state index contributed by atoms with van der Waals surface area (Å²) in [5, 5.41) is 2.93. The molecule has 0 radical (unpaired) electrons. The third kappa shape index (κ3) is 7.66. The molecule has 0 aliphatic heterocycles. The Morgan fingerprint density at radius 3 is 2.08 bits per heavy atom. The molecule has 0 spiro atoms. The van der Waals surface area contributed by atoms with Gasteiger partial charge in [-0.15, -0.1) is 0 Å². The number of halogens is 1. The van der Waals surface area contributed by atoms with Gasteiger partial charge in [0.05, 0.1) is 10.6 Å². The van der Waals surface area contributed by atoms with Crippen LogP contribution in [0, 0.1) is 12.7 Å². The van der Waals surface area contributed by atoms with E-state index in [1.54, 1.807) is 61.5 Å². The monoisotopic (exact) mass is 553 g/mol. The first-order chi connectivity index (χ1) is 18.6. The fourth-order valence-electron chi connectivity index (χ4n) is 4.11. The lowest BCUT2D eigenvalue weighted by atomic mass is 10.1. The molecule has 0 aliphatic carbocycles. The van der Waals surface area contributed by atoms with Gasteiger partial charge in [0.2, 0.25) is 11.8 Å². The third-order valence-electron chi connectivity index (χ3n) is 6.59. The van der Waals surface area contributed by atoms with Crippen LogP contribution >= 0.6 is 0 Å². The molecule has 39 heavy (non-hydrogen) atoms. The molecule has 3 aromatic carbocycles. The smallest absolute Gasteiger partial charge is 0.264 e. The topological polar surface area (TPSA) is 86.8 Å². The number of rotatable bonds is 12. The Kier molecular flexibility index (Phi) is 10.2. The van der Waals surface area contributed by atoms with Crippen molar-refractivity contribution in [1.82, 2.24) is 10.2 Å². The minimum absolute atomic E-state index is 0.0127. The molecule has 0 aliphatic rings. The van der Waals surface area contributed by atoms with Crippen molar-refractivity contribution >= 4 is 27.5 Å². The Hall–Kier alpha value is -3.72. The highest BCUT2D eigenvalue weighted by Gasteiger charge is 2.33. The second-order valence-electron chi connectivity index (χ2n) is 9.55. The number of para-hydroxylation sites is 1. The van der Waals surface area contributed by atoms with Gasteiger partial charge in [0.1, 0.15) is 18.4 Å². The van der Waals surface area contributed by atoms with Gasteiger partial charge in [0.25, 0.3) is 10.0 Å². The van der Waals surface area contributed by atoms with Gasteiger partial charge >= 0.3 is 0 Å². The number of nitrogens with zero attached hydrogens (tertiary/aromatic N) is 2. The fourth-order valence-corrected chi connectivity index (χ4v) is 5.52.